The number of hydrogen-bond acceptors (Lipinski definition) is 7. The maximum absolute atomic E-state index is 13.0. The lowest BCUT2D eigenvalue weighted by Gasteiger charge is -2.34. The lowest BCUT2D eigenvalue weighted by atomic mass is 10.0. The van der Waals surface area contributed by atoms with E-state index in [1.807, 2.05) is 31.2 Å². The number of likely N-dealkylation sites (tertiary alicyclic amines) is 1. The minimum atomic E-state index is -1.07. The highest BCUT2D eigenvalue weighted by Gasteiger charge is 2.28. The Kier molecular flexibility index (Phi) is 5.45. The summed E-state index contributed by atoms with van der Waals surface area (Å²) >= 11 is 0. The number of carbonyl (C=O) groups excluding carboxylic acids is 1. The van der Waals surface area contributed by atoms with E-state index in [4.69, 9.17) is 4.98 Å². The van der Waals surface area contributed by atoms with Crippen LogP contribution in [0.25, 0.3) is 33.2 Å². The topological polar surface area (TPSA) is 134 Å². The third-order valence-corrected chi connectivity index (χ3v) is 6.32. The van der Waals surface area contributed by atoms with E-state index in [2.05, 4.69) is 15.0 Å². The first kappa shape index (κ1) is 21.9. The highest BCUT2D eigenvalue weighted by Crippen LogP contribution is 2.28. The number of carbonyl (C=O) groups is 1. The second-order valence-electron chi connectivity index (χ2n) is 8.63. The molecule has 0 radical (unpaired) electrons. The number of amides is 1. The molecule has 0 saturated carbocycles. The summed E-state index contributed by atoms with van der Waals surface area (Å²) in [6.07, 6.45) is 3.14. The SMILES string of the molecule is Cc1ccc(-c2ccc3ncc4c(=O)[nH]c(=O)n(C5CCN(C(=O)C(C)O)CC5)c4c3n2)cn1. The number of aliphatic hydroxyl groups excluding tert-OH is 1. The lowest BCUT2D eigenvalue weighted by molar-refractivity contribution is -0.140. The zero-order chi connectivity index (χ0) is 24.0. The van der Waals surface area contributed by atoms with Crippen molar-refractivity contribution >= 4 is 27.8 Å². The molecule has 1 atom stereocenters. The van der Waals surface area contributed by atoms with Crippen molar-refractivity contribution in [3.8, 4) is 11.3 Å². The third-order valence-electron chi connectivity index (χ3n) is 6.32. The molecule has 1 fully saturated rings. The number of H-pyrrole nitrogens is 1. The van der Waals surface area contributed by atoms with E-state index in [9.17, 15) is 19.5 Å². The fourth-order valence-corrected chi connectivity index (χ4v) is 4.53. The minimum absolute atomic E-state index is 0.248. The molecule has 10 heteroatoms. The van der Waals surface area contributed by atoms with Crippen molar-refractivity contribution in [2.24, 2.45) is 0 Å². The molecule has 0 bridgehead atoms. The number of pyridine rings is 3. The molecule has 0 aromatic carbocycles. The van der Waals surface area contributed by atoms with Crippen LogP contribution in [0.5, 0.6) is 0 Å². The van der Waals surface area contributed by atoms with Gasteiger partial charge in [0.15, 0.2) is 0 Å². The van der Waals surface area contributed by atoms with Crippen LogP contribution in [0.15, 0.2) is 46.2 Å². The molecule has 0 aliphatic carbocycles. The van der Waals surface area contributed by atoms with Crippen LogP contribution >= 0.6 is 0 Å². The Bertz CT molecular complexity index is 1520. The van der Waals surface area contributed by atoms with Gasteiger partial charge in [-0.1, -0.05) is 0 Å². The Morgan fingerprint density at radius 2 is 1.88 bits per heavy atom. The molecule has 174 valence electrons. The van der Waals surface area contributed by atoms with Gasteiger partial charge in [0.05, 0.1) is 22.1 Å². The van der Waals surface area contributed by atoms with E-state index in [-0.39, 0.29) is 17.3 Å². The van der Waals surface area contributed by atoms with Crippen LogP contribution in [-0.4, -0.2) is 59.6 Å². The van der Waals surface area contributed by atoms with Crippen LogP contribution in [0.4, 0.5) is 0 Å². The van der Waals surface area contributed by atoms with Gasteiger partial charge in [-0.05, 0) is 51.0 Å². The molecular formula is C24H24N6O4. The van der Waals surface area contributed by atoms with Crippen molar-refractivity contribution < 1.29 is 9.90 Å². The maximum atomic E-state index is 13.0. The van der Waals surface area contributed by atoms with Gasteiger partial charge in [0.2, 0.25) is 0 Å². The largest absolute Gasteiger partial charge is 0.384 e. The summed E-state index contributed by atoms with van der Waals surface area (Å²) in [6, 6.07) is 7.22. The van der Waals surface area contributed by atoms with Gasteiger partial charge in [0.25, 0.3) is 11.5 Å². The van der Waals surface area contributed by atoms with Crippen molar-refractivity contribution in [3.63, 3.8) is 0 Å². The molecule has 4 aromatic rings. The number of aryl methyl sites for hydroxylation is 1. The fourth-order valence-electron chi connectivity index (χ4n) is 4.53. The van der Waals surface area contributed by atoms with Crippen LogP contribution in [0.2, 0.25) is 0 Å². The van der Waals surface area contributed by atoms with Crippen molar-refractivity contribution in [2.75, 3.05) is 13.1 Å². The molecule has 1 aliphatic heterocycles. The Morgan fingerprint density at radius 1 is 1.12 bits per heavy atom. The summed E-state index contributed by atoms with van der Waals surface area (Å²) in [5.74, 6) is -0.329. The molecule has 5 rings (SSSR count). The summed E-state index contributed by atoms with van der Waals surface area (Å²) in [5.41, 5.74) is 2.78. The maximum Gasteiger partial charge on any atom is 0.329 e. The van der Waals surface area contributed by atoms with Crippen LogP contribution in [0.1, 0.15) is 31.5 Å². The van der Waals surface area contributed by atoms with Crippen molar-refractivity contribution in [1.82, 2.24) is 29.4 Å². The van der Waals surface area contributed by atoms with Crippen molar-refractivity contribution in [1.29, 1.82) is 0 Å². The molecule has 5 heterocycles. The first-order valence-corrected chi connectivity index (χ1v) is 11.2. The number of aromatic nitrogens is 5. The van der Waals surface area contributed by atoms with Gasteiger partial charge < -0.3 is 10.0 Å². The molecule has 10 nitrogen and oxygen atoms in total. The zero-order valence-corrected chi connectivity index (χ0v) is 18.9. The molecule has 1 aliphatic rings. The molecule has 34 heavy (non-hydrogen) atoms. The minimum Gasteiger partial charge on any atom is -0.384 e. The van der Waals surface area contributed by atoms with Crippen LogP contribution in [0, 0.1) is 6.92 Å². The van der Waals surface area contributed by atoms with Crippen molar-refractivity contribution in [2.45, 2.75) is 38.8 Å². The van der Waals surface area contributed by atoms with E-state index in [1.54, 1.807) is 15.7 Å². The van der Waals surface area contributed by atoms with Gasteiger partial charge in [-0.25, -0.2) is 9.78 Å². The van der Waals surface area contributed by atoms with Gasteiger partial charge >= 0.3 is 5.69 Å². The van der Waals surface area contributed by atoms with Gasteiger partial charge in [0, 0.05) is 42.8 Å². The lowest BCUT2D eigenvalue weighted by Crippen LogP contribution is -2.45. The average Bonchev–Trinajstić information content (AvgIpc) is 2.84. The Balaban J connectivity index is 1.66. The van der Waals surface area contributed by atoms with Gasteiger partial charge in [-0.15, -0.1) is 0 Å². The van der Waals surface area contributed by atoms with E-state index >= 15 is 0 Å². The number of nitrogens with one attached hydrogen (secondary N) is 1. The summed E-state index contributed by atoms with van der Waals surface area (Å²) in [7, 11) is 0. The molecule has 0 spiro atoms. The quantitative estimate of drug-likeness (QED) is 0.443. The first-order valence-electron chi connectivity index (χ1n) is 11.2. The summed E-state index contributed by atoms with van der Waals surface area (Å²) in [5, 5.41) is 9.90. The highest BCUT2D eigenvalue weighted by molar-refractivity contribution is 6.01. The second-order valence-corrected chi connectivity index (χ2v) is 8.63. The molecule has 2 N–H and O–H groups in total. The Morgan fingerprint density at radius 3 is 2.56 bits per heavy atom. The van der Waals surface area contributed by atoms with Gasteiger partial charge in [-0.3, -0.25) is 29.1 Å². The van der Waals surface area contributed by atoms with Gasteiger partial charge in [0.1, 0.15) is 11.6 Å². The normalized spacial score (nSPS) is 15.7. The number of aromatic amines is 1. The van der Waals surface area contributed by atoms with Crippen LogP contribution in [0.3, 0.4) is 0 Å². The van der Waals surface area contributed by atoms with E-state index in [0.29, 0.717) is 48.2 Å². The van der Waals surface area contributed by atoms with E-state index in [1.165, 1.54) is 13.1 Å². The van der Waals surface area contributed by atoms with E-state index < -0.39 is 17.4 Å². The smallest absolute Gasteiger partial charge is 0.329 e. The number of piperidine rings is 1. The standard InChI is InChI=1S/C24H24N6O4/c1-13-3-4-15(11-25-13)18-5-6-19-20(27-18)21-17(12-26-19)22(32)28-24(34)30(21)16-7-9-29(10-8-16)23(33)14(2)31/h3-6,11-12,14,16,31H,7-10H2,1-2H3,(H,28,32,34). The number of hydrogen-bond donors (Lipinski definition) is 2. The predicted octanol–water partition coefficient (Wildman–Crippen LogP) is 1.55. The Labute approximate surface area is 193 Å². The zero-order valence-electron chi connectivity index (χ0n) is 18.9. The van der Waals surface area contributed by atoms with Crippen molar-refractivity contribution in [3.05, 3.63) is 63.2 Å². The molecule has 1 unspecified atom stereocenters. The summed E-state index contributed by atoms with van der Waals surface area (Å²) < 4.78 is 1.58. The average molecular weight is 460 g/mol. The summed E-state index contributed by atoms with van der Waals surface area (Å²) in [6.45, 7) is 4.15. The summed E-state index contributed by atoms with van der Waals surface area (Å²) in [4.78, 5) is 55.4. The number of aliphatic hydroxyl groups is 1. The molecule has 4 aromatic heterocycles. The van der Waals surface area contributed by atoms with Crippen LogP contribution in [-0.2, 0) is 4.79 Å². The predicted molar refractivity (Wildman–Crippen MR) is 126 cm³/mol. The highest BCUT2D eigenvalue weighted by atomic mass is 16.3. The number of fused-ring (bicyclic) bond motifs is 3. The third kappa shape index (κ3) is 3.75. The number of nitrogens with zero attached hydrogens (tertiary/aromatic N) is 5. The van der Waals surface area contributed by atoms with Gasteiger partial charge in [-0.2, -0.15) is 0 Å². The molecule has 1 amide bonds. The Hall–Kier alpha value is -3.92. The van der Waals surface area contributed by atoms with E-state index in [0.717, 1.165) is 11.3 Å². The number of rotatable bonds is 3. The molecular weight excluding hydrogens is 436 g/mol. The van der Waals surface area contributed by atoms with Crippen LogP contribution < -0.4 is 11.2 Å². The fraction of sp³-hybridized carbons (Fsp3) is 0.333. The molecule has 1 saturated heterocycles. The second kappa shape index (κ2) is 8.45. The monoisotopic (exact) mass is 460 g/mol. The first-order chi connectivity index (χ1) is 16.3.